The van der Waals surface area contributed by atoms with E-state index in [-0.39, 0.29) is 0 Å². The quantitative estimate of drug-likeness (QED) is 0.782. The summed E-state index contributed by atoms with van der Waals surface area (Å²) >= 11 is 0. The summed E-state index contributed by atoms with van der Waals surface area (Å²) in [4.78, 5) is 4.06. The predicted octanol–water partition coefficient (Wildman–Crippen LogP) is 3.09. The fourth-order valence-corrected chi connectivity index (χ4v) is 2.52. The van der Waals surface area contributed by atoms with Crippen molar-refractivity contribution in [2.24, 2.45) is 5.73 Å². The lowest BCUT2D eigenvalue weighted by atomic mass is 10.1. The highest BCUT2D eigenvalue weighted by Gasteiger charge is 2.09. The van der Waals surface area contributed by atoms with Gasteiger partial charge in [-0.2, -0.15) is 0 Å². The average Bonchev–Trinajstić information content (AvgIpc) is 2.91. The summed E-state index contributed by atoms with van der Waals surface area (Å²) in [7, 11) is 0. The number of aromatic nitrogens is 2. The average molecular weight is 281 g/mol. The van der Waals surface area contributed by atoms with Gasteiger partial charge < -0.3 is 15.0 Å². The van der Waals surface area contributed by atoms with Crippen molar-refractivity contribution in [1.82, 2.24) is 9.55 Å². The van der Waals surface area contributed by atoms with Crippen LogP contribution in [-0.2, 0) is 19.7 Å². The van der Waals surface area contributed by atoms with Gasteiger partial charge in [0.05, 0.1) is 6.20 Å². The molecule has 0 radical (unpaired) electrons. The molecule has 2 N–H and O–H groups in total. The standard InChI is InChI=1S/C17H19N3O/c1-2-20-11-14(12-21-15-4-3-7-19-10-15)16-8-13(9-18)5-6-17(16)20/h3-8,10-11H,2,9,12,18H2,1H3. The summed E-state index contributed by atoms with van der Waals surface area (Å²) in [5.74, 6) is 0.782. The van der Waals surface area contributed by atoms with Crippen molar-refractivity contribution in [2.45, 2.75) is 26.6 Å². The molecule has 21 heavy (non-hydrogen) atoms. The number of benzene rings is 1. The minimum absolute atomic E-state index is 0.531. The molecule has 3 rings (SSSR count). The third-order valence-corrected chi connectivity index (χ3v) is 3.63. The van der Waals surface area contributed by atoms with Gasteiger partial charge in [-0.3, -0.25) is 4.98 Å². The second-order valence-corrected chi connectivity index (χ2v) is 4.97. The van der Waals surface area contributed by atoms with E-state index >= 15 is 0 Å². The zero-order valence-corrected chi connectivity index (χ0v) is 12.1. The molecule has 0 aliphatic rings. The smallest absolute Gasteiger partial charge is 0.138 e. The topological polar surface area (TPSA) is 53.1 Å². The van der Waals surface area contributed by atoms with Gasteiger partial charge >= 0.3 is 0 Å². The molecule has 0 unspecified atom stereocenters. The second-order valence-electron chi connectivity index (χ2n) is 4.97. The maximum Gasteiger partial charge on any atom is 0.138 e. The Morgan fingerprint density at radius 1 is 1.29 bits per heavy atom. The largest absolute Gasteiger partial charge is 0.487 e. The number of aryl methyl sites for hydroxylation is 1. The Labute approximate surface area is 124 Å². The molecule has 0 amide bonds. The molecule has 2 aromatic heterocycles. The molecule has 0 fully saturated rings. The Morgan fingerprint density at radius 2 is 2.19 bits per heavy atom. The van der Waals surface area contributed by atoms with Gasteiger partial charge in [-0.25, -0.2) is 0 Å². The summed E-state index contributed by atoms with van der Waals surface area (Å²) in [6, 6.07) is 10.2. The maximum atomic E-state index is 5.82. The van der Waals surface area contributed by atoms with E-state index in [1.165, 1.54) is 16.5 Å². The van der Waals surface area contributed by atoms with E-state index in [9.17, 15) is 0 Å². The predicted molar refractivity (Wildman–Crippen MR) is 84.1 cm³/mol. The molecule has 0 aliphatic carbocycles. The summed E-state index contributed by atoms with van der Waals surface area (Å²) in [6.07, 6.45) is 5.62. The Morgan fingerprint density at radius 3 is 2.90 bits per heavy atom. The zero-order chi connectivity index (χ0) is 14.7. The lowest BCUT2D eigenvalue weighted by Gasteiger charge is -2.05. The van der Waals surface area contributed by atoms with E-state index < -0.39 is 0 Å². The molecule has 108 valence electrons. The third kappa shape index (κ3) is 2.76. The van der Waals surface area contributed by atoms with Crippen LogP contribution in [0.5, 0.6) is 5.75 Å². The number of ether oxygens (including phenoxy) is 1. The highest BCUT2D eigenvalue weighted by atomic mass is 16.5. The Bertz CT molecular complexity index is 734. The van der Waals surface area contributed by atoms with Crippen LogP contribution in [0.3, 0.4) is 0 Å². The first-order chi connectivity index (χ1) is 10.3. The number of fused-ring (bicyclic) bond motifs is 1. The molecule has 0 bridgehead atoms. The van der Waals surface area contributed by atoms with Gasteiger partial charge in [-0.15, -0.1) is 0 Å². The zero-order valence-electron chi connectivity index (χ0n) is 12.1. The van der Waals surface area contributed by atoms with Crippen LogP contribution in [0.15, 0.2) is 48.9 Å². The first kappa shape index (κ1) is 13.6. The van der Waals surface area contributed by atoms with E-state index in [1.807, 2.05) is 12.1 Å². The van der Waals surface area contributed by atoms with Crippen LogP contribution in [0.25, 0.3) is 10.9 Å². The Kier molecular flexibility index (Phi) is 3.88. The molecule has 3 aromatic rings. The lowest BCUT2D eigenvalue weighted by molar-refractivity contribution is 0.306. The molecule has 2 heterocycles. The van der Waals surface area contributed by atoms with Gasteiger partial charge in [0.15, 0.2) is 0 Å². The van der Waals surface area contributed by atoms with E-state index in [1.54, 1.807) is 12.4 Å². The van der Waals surface area contributed by atoms with Crippen LogP contribution in [0, 0.1) is 0 Å². The van der Waals surface area contributed by atoms with E-state index in [0.717, 1.165) is 17.9 Å². The fourth-order valence-electron chi connectivity index (χ4n) is 2.52. The van der Waals surface area contributed by atoms with Gasteiger partial charge in [0.1, 0.15) is 12.4 Å². The number of pyridine rings is 1. The van der Waals surface area contributed by atoms with Crippen LogP contribution < -0.4 is 10.5 Å². The summed E-state index contributed by atoms with van der Waals surface area (Å²) in [5, 5.41) is 1.21. The second kappa shape index (κ2) is 5.97. The SMILES string of the molecule is CCn1cc(COc2cccnc2)c2cc(CN)ccc21. The molecular formula is C17H19N3O. The van der Waals surface area contributed by atoms with E-state index in [2.05, 4.69) is 40.9 Å². The molecule has 0 aliphatic heterocycles. The molecular weight excluding hydrogens is 262 g/mol. The molecule has 4 nitrogen and oxygen atoms in total. The van der Waals surface area contributed by atoms with Crippen molar-refractivity contribution in [3.8, 4) is 5.75 Å². The van der Waals surface area contributed by atoms with Crippen molar-refractivity contribution < 1.29 is 4.74 Å². The van der Waals surface area contributed by atoms with Gasteiger partial charge in [0, 0.05) is 41.9 Å². The van der Waals surface area contributed by atoms with Crippen molar-refractivity contribution in [2.75, 3.05) is 0 Å². The van der Waals surface area contributed by atoms with Gasteiger partial charge in [-0.1, -0.05) is 6.07 Å². The normalized spacial score (nSPS) is 11.0. The van der Waals surface area contributed by atoms with Crippen molar-refractivity contribution >= 4 is 10.9 Å². The van der Waals surface area contributed by atoms with Crippen molar-refractivity contribution in [3.63, 3.8) is 0 Å². The maximum absolute atomic E-state index is 5.82. The van der Waals surface area contributed by atoms with Gasteiger partial charge in [0.2, 0.25) is 0 Å². The first-order valence-corrected chi connectivity index (χ1v) is 7.15. The van der Waals surface area contributed by atoms with Crippen LogP contribution in [0.2, 0.25) is 0 Å². The minimum atomic E-state index is 0.531. The van der Waals surface area contributed by atoms with E-state index in [4.69, 9.17) is 10.5 Å². The molecule has 0 saturated carbocycles. The minimum Gasteiger partial charge on any atom is -0.487 e. The fraction of sp³-hybridized carbons (Fsp3) is 0.235. The van der Waals surface area contributed by atoms with Gasteiger partial charge in [0.25, 0.3) is 0 Å². The highest BCUT2D eigenvalue weighted by molar-refractivity contribution is 5.84. The van der Waals surface area contributed by atoms with Crippen molar-refractivity contribution in [1.29, 1.82) is 0 Å². The molecule has 0 spiro atoms. The lowest BCUT2D eigenvalue weighted by Crippen LogP contribution is -1.97. The van der Waals surface area contributed by atoms with Crippen LogP contribution in [-0.4, -0.2) is 9.55 Å². The van der Waals surface area contributed by atoms with Crippen LogP contribution in [0.4, 0.5) is 0 Å². The Hall–Kier alpha value is -2.33. The number of rotatable bonds is 5. The summed E-state index contributed by atoms with van der Waals surface area (Å²) in [5.41, 5.74) is 9.28. The third-order valence-electron chi connectivity index (χ3n) is 3.63. The van der Waals surface area contributed by atoms with Crippen molar-refractivity contribution in [3.05, 3.63) is 60.0 Å². The monoisotopic (exact) mass is 281 g/mol. The molecule has 0 saturated heterocycles. The molecule has 1 aromatic carbocycles. The van der Waals surface area contributed by atoms with Crippen LogP contribution >= 0.6 is 0 Å². The number of nitrogens with two attached hydrogens (primary N) is 1. The number of nitrogens with zero attached hydrogens (tertiary/aromatic N) is 2. The van der Waals surface area contributed by atoms with E-state index in [0.29, 0.717) is 13.2 Å². The highest BCUT2D eigenvalue weighted by Crippen LogP contribution is 2.24. The summed E-state index contributed by atoms with van der Waals surface area (Å²) < 4.78 is 8.06. The first-order valence-electron chi connectivity index (χ1n) is 7.15. The summed E-state index contributed by atoms with van der Waals surface area (Å²) in [6.45, 7) is 4.16. The van der Waals surface area contributed by atoms with Crippen LogP contribution in [0.1, 0.15) is 18.1 Å². The number of hydrogen-bond acceptors (Lipinski definition) is 3. The van der Waals surface area contributed by atoms with Gasteiger partial charge in [-0.05, 0) is 36.8 Å². The number of hydrogen-bond donors (Lipinski definition) is 1. The Balaban J connectivity index is 1.93. The molecule has 0 atom stereocenters. The molecule has 4 heteroatoms.